The van der Waals surface area contributed by atoms with E-state index in [0.717, 1.165) is 9.25 Å². The molecule has 2 aromatic carbocycles. The van der Waals surface area contributed by atoms with Crippen LogP contribution in [0.4, 0.5) is 0 Å². The van der Waals surface area contributed by atoms with Crippen molar-refractivity contribution in [1.29, 1.82) is 0 Å². The predicted octanol–water partition coefficient (Wildman–Crippen LogP) is 0.818. The molecule has 0 aliphatic carbocycles. The summed E-state index contributed by atoms with van der Waals surface area (Å²) >= 11 is 0. The first kappa shape index (κ1) is 20.2. The van der Waals surface area contributed by atoms with Gasteiger partial charge in [0.05, 0.1) is 35.9 Å². The summed E-state index contributed by atoms with van der Waals surface area (Å²) in [5.74, 6) is -0.512. The minimum atomic E-state index is -0.512. The van der Waals surface area contributed by atoms with Gasteiger partial charge in [0.2, 0.25) is 0 Å². The number of H-pyrrole nitrogens is 1. The Bertz CT molecular complexity index is 1440. The molecule has 0 spiro atoms. The molecular weight excluding hydrogens is 402 g/mol. The topological polar surface area (TPSA) is 129 Å². The maximum atomic E-state index is 12.5. The van der Waals surface area contributed by atoms with E-state index in [1.165, 1.54) is 0 Å². The van der Waals surface area contributed by atoms with Crippen LogP contribution in [0, 0.1) is 0 Å². The van der Waals surface area contributed by atoms with Crippen LogP contribution in [0.1, 0.15) is 12.8 Å². The Hall–Kier alpha value is -4.08. The van der Waals surface area contributed by atoms with Gasteiger partial charge >= 0.3 is 11.7 Å². The van der Waals surface area contributed by atoms with Crippen LogP contribution in [0.3, 0.4) is 0 Å². The molecule has 158 valence electrons. The molecule has 0 atom stereocenters. The molecule has 4 aromatic rings. The first-order chi connectivity index (χ1) is 15.0. The number of aryl methyl sites for hydroxylation is 1. The quantitative estimate of drug-likeness (QED) is 0.345. The van der Waals surface area contributed by atoms with E-state index in [-0.39, 0.29) is 37.2 Å². The second-order valence-corrected chi connectivity index (χ2v) is 6.89. The number of ether oxygens (including phenoxy) is 1. The van der Waals surface area contributed by atoms with Gasteiger partial charge in [0.25, 0.3) is 11.1 Å². The van der Waals surface area contributed by atoms with Crippen LogP contribution in [0.15, 0.2) is 62.9 Å². The zero-order valence-corrected chi connectivity index (χ0v) is 16.5. The van der Waals surface area contributed by atoms with E-state index in [9.17, 15) is 19.2 Å². The first-order valence-corrected chi connectivity index (χ1v) is 9.74. The fraction of sp³-hybridized carbons (Fsp3) is 0.238. The fourth-order valence-electron chi connectivity index (χ4n) is 3.25. The number of hydrogen-bond donors (Lipinski definition) is 1. The molecule has 10 heteroatoms. The summed E-state index contributed by atoms with van der Waals surface area (Å²) in [6.07, 6.45) is 0.242. The van der Waals surface area contributed by atoms with Crippen LogP contribution in [-0.4, -0.2) is 37.1 Å². The number of carbonyl (C=O) groups excluding carboxylic acids is 1. The summed E-state index contributed by atoms with van der Waals surface area (Å²) in [6.45, 7) is 0.191. The third kappa shape index (κ3) is 4.27. The van der Waals surface area contributed by atoms with Gasteiger partial charge in [-0.3, -0.25) is 19.0 Å². The lowest BCUT2D eigenvalue weighted by atomic mass is 10.2. The molecule has 4 rings (SSSR count). The van der Waals surface area contributed by atoms with Crippen molar-refractivity contribution in [2.24, 2.45) is 0 Å². The van der Waals surface area contributed by atoms with E-state index < -0.39 is 11.7 Å². The van der Waals surface area contributed by atoms with Crippen molar-refractivity contribution in [3.8, 4) is 0 Å². The minimum Gasteiger partial charge on any atom is -0.466 e. The molecule has 2 heterocycles. The van der Waals surface area contributed by atoms with Crippen molar-refractivity contribution < 1.29 is 9.53 Å². The monoisotopic (exact) mass is 421 g/mol. The number of fused-ring (bicyclic) bond motifs is 2. The summed E-state index contributed by atoms with van der Waals surface area (Å²) < 4.78 is 7.36. The Kier molecular flexibility index (Phi) is 5.69. The molecule has 1 N–H and O–H groups in total. The summed E-state index contributed by atoms with van der Waals surface area (Å²) in [4.78, 5) is 51.6. The highest BCUT2D eigenvalue weighted by Gasteiger charge is 2.10. The van der Waals surface area contributed by atoms with Crippen LogP contribution >= 0.6 is 0 Å². The lowest BCUT2D eigenvalue weighted by Crippen LogP contribution is -2.35. The Morgan fingerprint density at radius 2 is 1.68 bits per heavy atom. The van der Waals surface area contributed by atoms with E-state index in [4.69, 9.17) is 4.74 Å². The molecule has 0 radical (unpaired) electrons. The molecule has 0 fully saturated rings. The lowest BCUT2D eigenvalue weighted by Gasteiger charge is -2.08. The molecule has 31 heavy (non-hydrogen) atoms. The molecule has 0 unspecified atom stereocenters. The molecule has 2 aromatic heterocycles. The summed E-state index contributed by atoms with van der Waals surface area (Å²) in [6, 6.07) is 13.6. The van der Waals surface area contributed by atoms with Gasteiger partial charge in [-0.25, -0.2) is 9.48 Å². The SMILES string of the molecule is O=C(CCn1nnc2ccccc2c1=O)OCCCn1c(=O)[nH]c2ccccc2c1=O. The molecule has 10 nitrogen and oxygen atoms in total. The van der Waals surface area contributed by atoms with Crippen LogP contribution in [0.2, 0.25) is 0 Å². The first-order valence-electron chi connectivity index (χ1n) is 9.74. The summed E-state index contributed by atoms with van der Waals surface area (Å²) in [5, 5.41) is 8.64. The normalized spacial score (nSPS) is 11.1. The molecule has 0 aliphatic heterocycles. The van der Waals surface area contributed by atoms with Gasteiger partial charge in [-0.2, -0.15) is 0 Å². The van der Waals surface area contributed by atoms with Crippen molar-refractivity contribution in [3.05, 3.63) is 79.7 Å². The number of para-hydroxylation sites is 1. The van der Waals surface area contributed by atoms with Crippen molar-refractivity contribution in [2.75, 3.05) is 6.61 Å². The maximum absolute atomic E-state index is 12.5. The van der Waals surface area contributed by atoms with Gasteiger partial charge in [-0.05, 0) is 30.7 Å². The van der Waals surface area contributed by atoms with Gasteiger partial charge in [0.1, 0.15) is 5.52 Å². The van der Waals surface area contributed by atoms with Crippen LogP contribution in [0.5, 0.6) is 0 Å². The zero-order valence-electron chi connectivity index (χ0n) is 16.5. The van der Waals surface area contributed by atoms with Gasteiger partial charge in [0.15, 0.2) is 0 Å². The largest absolute Gasteiger partial charge is 0.466 e. The highest BCUT2D eigenvalue weighted by Crippen LogP contribution is 2.04. The van der Waals surface area contributed by atoms with Gasteiger partial charge in [-0.15, -0.1) is 5.10 Å². The van der Waals surface area contributed by atoms with E-state index in [2.05, 4.69) is 15.3 Å². The van der Waals surface area contributed by atoms with E-state index in [0.29, 0.717) is 28.2 Å². The van der Waals surface area contributed by atoms with Gasteiger partial charge < -0.3 is 9.72 Å². The predicted molar refractivity (Wildman–Crippen MR) is 113 cm³/mol. The molecular formula is C21H19N5O5. The molecule has 0 saturated carbocycles. The number of nitrogens with zero attached hydrogens (tertiary/aromatic N) is 4. The number of aromatic nitrogens is 5. The maximum Gasteiger partial charge on any atom is 0.328 e. The number of nitrogens with one attached hydrogen (secondary N) is 1. The number of esters is 1. The van der Waals surface area contributed by atoms with Gasteiger partial charge in [0, 0.05) is 6.54 Å². The number of rotatable bonds is 7. The number of benzene rings is 2. The average molecular weight is 421 g/mol. The minimum absolute atomic E-state index is 0.0375. The van der Waals surface area contributed by atoms with Crippen LogP contribution in [0.25, 0.3) is 21.8 Å². The Labute approximate surface area is 174 Å². The smallest absolute Gasteiger partial charge is 0.328 e. The highest BCUT2D eigenvalue weighted by molar-refractivity contribution is 5.77. The van der Waals surface area contributed by atoms with Crippen molar-refractivity contribution in [2.45, 2.75) is 25.9 Å². The van der Waals surface area contributed by atoms with E-state index in [1.54, 1.807) is 48.5 Å². The lowest BCUT2D eigenvalue weighted by molar-refractivity contribution is -0.144. The second kappa shape index (κ2) is 8.74. The molecule has 0 amide bonds. The summed E-state index contributed by atoms with van der Waals surface area (Å²) in [5.41, 5.74) is -0.255. The Morgan fingerprint density at radius 1 is 0.935 bits per heavy atom. The molecule has 0 saturated heterocycles. The fourth-order valence-corrected chi connectivity index (χ4v) is 3.25. The van der Waals surface area contributed by atoms with Crippen molar-refractivity contribution in [3.63, 3.8) is 0 Å². The van der Waals surface area contributed by atoms with E-state index in [1.807, 2.05) is 0 Å². The van der Waals surface area contributed by atoms with Crippen molar-refractivity contribution >= 4 is 27.8 Å². The highest BCUT2D eigenvalue weighted by atomic mass is 16.5. The molecule has 0 aliphatic rings. The molecule has 0 bridgehead atoms. The number of carbonyl (C=O) groups is 1. The second-order valence-electron chi connectivity index (χ2n) is 6.89. The standard InChI is InChI=1S/C21H19N5O5/c27-18(10-12-26-20(29)15-7-2-4-9-17(15)23-24-26)31-13-5-11-25-19(28)14-6-1-3-8-16(14)22-21(25)30/h1-4,6-9H,5,10-13H2,(H,22,30). The average Bonchev–Trinajstić information content (AvgIpc) is 2.78. The van der Waals surface area contributed by atoms with Gasteiger partial charge in [-0.1, -0.05) is 29.5 Å². The van der Waals surface area contributed by atoms with E-state index >= 15 is 0 Å². The number of hydrogen-bond acceptors (Lipinski definition) is 7. The van der Waals surface area contributed by atoms with Crippen molar-refractivity contribution in [1.82, 2.24) is 24.5 Å². The Balaban J connectivity index is 1.31. The Morgan fingerprint density at radius 3 is 2.52 bits per heavy atom. The number of aromatic amines is 1. The third-order valence-corrected chi connectivity index (χ3v) is 4.84. The zero-order chi connectivity index (χ0) is 21.8. The van der Waals surface area contributed by atoms with Crippen LogP contribution in [-0.2, 0) is 22.6 Å². The third-order valence-electron chi connectivity index (χ3n) is 4.84. The van der Waals surface area contributed by atoms with Crippen LogP contribution < -0.4 is 16.8 Å². The summed E-state index contributed by atoms with van der Waals surface area (Å²) in [7, 11) is 0.